The highest BCUT2D eigenvalue weighted by Gasteiger charge is 2.18. The van der Waals surface area contributed by atoms with Crippen LogP contribution in [0.5, 0.6) is 0 Å². The molecule has 6 heteroatoms. The smallest absolute Gasteiger partial charge is 0.162 e. The van der Waals surface area contributed by atoms with Gasteiger partial charge in [0.1, 0.15) is 5.69 Å². The minimum absolute atomic E-state index is 0.451. The largest absolute Gasteiger partial charge is 0.330 e. The maximum atomic E-state index is 4.52. The normalized spacial score (nSPS) is 15.4. The van der Waals surface area contributed by atoms with Crippen LogP contribution in [0.2, 0.25) is 0 Å². The summed E-state index contributed by atoms with van der Waals surface area (Å²) in [6, 6.07) is 11.1. The van der Waals surface area contributed by atoms with Gasteiger partial charge in [-0.3, -0.25) is 0 Å². The maximum Gasteiger partial charge on any atom is 0.162 e. The fourth-order valence-corrected chi connectivity index (χ4v) is 3.61. The highest BCUT2D eigenvalue weighted by molar-refractivity contribution is 5.47. The predicted octanol–water partition coefficient (Wildman–Crippen LogP) is 3.09. The number of piperidine rings is 1. The van der Waals surface area contributed by atoms with Gasteiger partial charge in [0.05, 0.1) is 12.2 Å². The summed E-state index contributed by atoms with van der Waals surface area (Å²) in [4.78, 5) is 4.52. The lowest BCUT2D eigenvalue weighted by Gasteiger charge is -2.22. The van der Waals surface area contributed by atoms with Crippen molar-refractivity contribution in [2.75, 3.05) is 13.1 Å². The van der Waals surface area contributed by atoms with Crippen LogP contribution < -0.4 is 5.32 Å². The summed E-state index contributed by atoms with van der Waals surface area (Å²) in [5, 5.41) is 12.1. The molecular formula is C20H26N6. The quantitative estimate of drug-likeness (QED) is 0.665. The average molecular weight is 350 g/mol. The van der Waals surface area contributed by atoms with Crippen molar-refractivity contribution in [2.24, 2.45) is 0 Å². The molecule has 4 rings (SSSR count). The van der Waals surface area contributed by atoms with Crippen LogP contribution in [0.25, 0.3) is 11.5 Å². The van der Waals surface area contributed by atoms with Gasteiger partial charge in [-0.15, -0.1) is 5.10 Å². The van der Waals surface area contributed by atoms with Crippen molar-refractivity contribution in [2.45, 2.75) is 44.7 Å². The van der Waals surface area contributed by atoms with E-state index in [4.69, 9.17) is 0 Å². The molecule has 1 N–H and O–H groups in total. The second-order valence-electron chi connectivity index (χ2n) is 6.95. The zero-order chi connectivity index (χ0) is 17.6. The van der Waals surface area contributed by atoms with E-state index < -0.39 is 0 Å². The molecule has 2 aromatic heterocycles. The molecule has 3 aromatic rings. The molecule has 3 heterocycles. The fraction of sp³-hybridized carbons (Fsp3) is 0.450. The molecular weight excluding hydrogens is 324 g/mol. The zero-order valence-corrected chi connectivity index (χ0v) is 15.1. The highest BCUT2D eigenvalue weighted by atomic mass is 15.4. The summed E-state index contributed by atoms with van der Waals surface area (Å²) < 4.78 is 4.21. The lowest BCUT2D eigenvalue weighted by Crippen LogP contribution is -2.29. The number of nitrogens with one attached hydrogen (secondary N) is 1. The van der Waals surface area contributed by atoms with E-state index in [0.717, 1.165) is 56.8 Å². The number of hydrogen-bond acceptors (Lipinski definition) is 4. The van der Waals surface area contributed by atoms with Crippen LogP contribution in [0.3, 0.4) is 0 Å². The average Bonchev–Trinajstić information content (AvgIpc) is 3.36. The van der Waals surface area contributed by atoms with Crippen molar-refractivity contribution >= 4 is 0 Å². The van der Waals surface area contributed by atoms with Crippen LogP contribution in [0.4, 0.5) is 0 Å². The van der Waals surface area contributed by atoms with Gasteiger partial charge in [0.2, 0.25) is 0 Å². The summed E-state index contributed by atoms with van der Waals surface area (Å²) in [5.41, 5.74) is 2.28. The van der Waals surface area contributed by atoms with Crippen LogP contribution in [-0.4, -0.2) is 37.6 Å². The predicted molar refractivity (Wildman–Crippen MR) is 102 cm³/mol. The second-order valence-corrected chi connectivity index (χ2v) is 6.95. The molecule has 26 heavy (non-hydrogen) atoms. The van der Waals surface area contributed by atoms with E-state index in [9.17, 15) is 0 Å². The van der Waals surface area contributed by atoms with Gasteiger partial charge in [-0.2, -0.15) is 0 Å². The Kier molecular flexibility index (Phi) is 5.40. The summed E-state index contributed by atoms with van der Waals surface area (Å²) in [6.07, 6.45) is 11.6. The first-order valence-corrected chi connectivity index (χ1v) is 9.58. The minimum atomic E-state index is 0.451. The first-order valence-electron chi connectivity index (χ1n) is 9.58. The Bertz CT molecular complexity index is 801. The van der Waals surface area contributed by atoms with Crippen molar-refractivity contribution in [3.8, 4) is 11.5 Å². The first-order chi connectivity index (χ1) is 12.9. The van der Waals surface area contributed by atoms with E-state index in [-0.39, 0.29) is 0 Å². The van der Waals surface area contributed by atoms with Gasteiger partial charge in [0, 0.05) is 18.9 Å². The number of unbranched alkanes of at least 4 members (excludes halogenated alkanes) is 1. The summed E-state index contributed by atoms with van der Waals surface area (Å²) >= 11 is 0. The minimum Gasteiger partial charge on any atom is -0.330 e. The Morgan fingerprint density at radius 1 is 1.08 bits per heavy atom. The molecule has 1 aromatic carbocycles. The molecule has 0 aliphatic carbocycles. The third-order valence-electron chi connectivity index (χ3n) is 5.09. The lowest BCUT2D eigenvalue weighted by atomic mass is 10.1. The molecule has 1 fully saturated rings. The molecule has 0 unspecified atom stereocenters. The standard InChI is InChI=1S/C20H26N6/c1-2-6-17(7-3-1)8-4-5-14-25-15-13-22-20(25)19-16-26(24-23-19)18-9-11-21-12-10-18/h1-3,6-7,13,15-16,18,21H,4-5,8-12,14H2. The number of nitrogens with zero attached hydrogens (tertiary/aromatic N) is 5. The van der Waals surface area contributed by atoms with E-state index in [0.29, 0.717) is 6.04 Å². The number of benzene rings is 1. The third kappa shape index (κ3) is 4.02. The number of aromatic nitrogens is 5. The number of imidazole rings is 1. The van der Waals surface area contributed by atoms with E-state index in [1.54, 1.807) is 0 Å². The summed E-state index contributed by atoms with van der Waals surface area (Å²) in [7, 11) is 0. The number of hydrogen-bond donors (Lipinski definition) is 1. The van der Waals surface area contributed by atoms with Crippen molar-refractivity contribution in [3.05, 3.63) is 54.5 Å². The maximum absolute atomic E-state index is 4.52. The van der Waals surface area contributed by atoms with E-state index in [1.807, 2.05) is 17.1 Å². The third-order valence-corrected chi connectivity index (χ3v) is 5.09. The molecule has 0 saturated carbocycles. The van der Waals surface area contributed by atoms with Crippen LogP contribution >= 0.6 is 0 Å². The van der Waals surface area contributed by atoms with Gasteiger partial charge in [0.25, 0.3) is 0 Å². The Balaban J connectivity index is 1.35. The number of aryl methyl sites for hydroxylation is 2. The van der Waals surface area contributed by atoms with Crippen LogP contribution in [0.15, 0.2) is 48.9 Å². The molecule has 0 spiro atoms. The summed E-state index contributed by atoms with van der Waals surface area (Å²) in [5.74, 6) is 0.921. The lowest BCUT2D eigenvalue weighted by molar-refractivity contribution is 0.337. The van der Waals surface area contributed by atoms with E-state index in [2.05, 4.69) is 61.7 Å². The molecule has 0 radical (unpaired) electrons. The van der Waals surface area contributed by atoms with Gasteiger partial charge in [0.15, 0.2) is 5.82 Å². The molecule has 1 saturated heterocycles. The Hall–Kier alpha value is -2.47. The van der Waals surface area contributed by atoms with Gasteiger partial charge in [-0.05, 0) is 50.8 Å². The van der Waals surface area contributed by atoms with Crippen LogP contribution in [-0.2, 0) is 13.0 Å². The van der Waals surface area contributed by atoms with Crippen molar-refractivity contribution in [1.29, 1.82) is 0 Å². The molecule has 136 valence electrons. The summed E-state index contributed by atoms with van der Waals surface area (Å²) in [6.45, 7) is 3.06. The topological polar surface area (TPSA) is 60.6 Å². The number of rotatable bonds is 7. The molecule has 0 atom stereocenters. The van der Waals surface area contributed by atoms with Crippen molar-refractivity contribution < 1.29 is 0 Å². The van der Waals surface area contributed by atoms with Gasteiger partial charge < -0.3 is 9.88 Å². The highest BCUT2D eigenvalue weighted by Crippen LogP contribution is 2.21. The van der Waals surface area contributed by atoms with E-state index in [1.165, 1.54) is 12.0 Å². The van der Waals surface area contributed by atoms with Gasteiger partial charge in [-0.1, -0.05) is 35.5 Å². The van der Waals surface area contributed by atoms with Gasteiger partial charge in [-0.25, -0.2) is 9.67 Å². The van der Waals surface area contributed by atoms with Gasteiger partial charge >= 0.3 is 0 Å². The Morgan fingerprint density at radius 3 is 2.77 bits per heavy atom. The Labute approximate surface area is 154 Å². The first kappa shape index (κ1) is 17.0. The van der Waals surface area contributed by atoms with Crippen molar-refractivity contribution in [3.63, 3.8) is 0 Å². The molecule has 1 aliphatic heterocycles. The second kappa shape index (κ2) is 8.27. The van der Waals surface area contributed by atoms with Crippen LogP contribution in [0, 0.1) is 0 Å². The zero-order valence-electron chi connectivity index (χ0n) is 15.1. The molecule has 0 amide bonds. The van der Waals surface area contributed by atoms with E-state index >= 15 is 0 Å². The van der Waals surface area contributed by atoms with Crippen LogP contribution in [0.1, 0.15) is 37.3 Å². The molecule has 6 nitrogen and oxygen atoms in total. The van der Waals surface area contributed by atoms with Crippen molar-refractivity contribution in [1.82, 2.24) is 29.9 Å². The Morgan fingerprint density at radius 2 is 1.92 bits per heavy atom. The molecule has 0 bridgehead atoms. The molecule has 1 aliphatic rings. The fourth-order valence-electron chi connectivity index (χ4n) is 3.61. The SMILES string of the molecule is c1ccc(CCCCn2ccnc2-c2cn(C3CCNCC3)nn2)cc1. The monoisotopic (exact) mass is 350 g/mol.